The molecule has 2 aliphatic heterocycles. The van der Waals surface area contributed by atoms with Crippen molar-refractivity contribution < 1.29 is 0 Å². The molecule has 0 spiro atoms. The van der Waals surface area contributed by atoms with Gasteiger partial charge in [0, 0.05) is 22.9 Å². The molecule has 2 unspecified atom stereocenters. The Balaban J connectivity index is 1.82. The molecule has 64 valence electrons. The first-order valence-electron chi connectivity index (χ1n) is 4.14. The zero-order valence-electron chi connectivity index (χ0n) is 6.51. The van der Waals surface area contributed by atoms with E-state index < -0.39 is 0 Å². The van der Waals surface area contributed by atoms with E-state index in [1.54, 1.807) is 0 Å². The number of hydrogen-bond acceptors (Lipinski definition) is 4. The molecule has 0 aromatic carbocycles. The molecule has 2 N–H and O–H groups in total. The average molecular weight is 190 g/mol. The Morgan fingerprint density at radius 2 is 2.27 bits per heavy atom. The molecule has 0 aromatic heterocycles. The summed E-state index contributed by atoms with van der Waals surface area (Å²) in [5.74, 6) is 1.36. The molecule has 0 radical (unpaired) electrons. The van der Waals surface area contributed by atoms with Crippen LogP contribution in [-0.4, -0.2) is 28.7 Å². The molecule has 0 amide bonds. The van der Waals surface area contributed by atoms with Crippen molar-refractivity contribution in [2.75, 3.05) is 17.4 Å². The highest BCUT2D eigenvalue weighted by Crippen LogP contribution is 2.31. The van der Waals surface area contributed by atoms with Crippen LogP contribution in [0.1, 0.15) is 12.8 Å². The Hall–Kier alpha value is 0.620. The number of hydrogen-bond donors (Lipinski definition) is 2. The zero-order chi connectivity index (χ0) is 7.52. The SMILES string of the molecule is C1CC(C2CCSCS2)NN1. The zero-order valence-corrected chi connectivity index (χ0v) is 8.14. The minimum Gasteiger partial charge on any atom is -0.257 e. The summed E-state index contributed by atoms with van der Waals surface area (Å²) in [6.45, 7) is 1.15. The summed E-state index contributed by atoms with van der Waals surface area (Å²) in [4.78, 5) is 0. The topological polar surface area (TPSA) is 24.1 Å². The Labute approximate surface area is 76.2 Å². The van der Waals surface area contributed by atoms with Crippen molar-refractivity contribution in [3.63, 3.8) is 0 Å². The first-order chi connectivity index (χ1) is 5.47. The molecule has 2 fully saturated rings. The fraction of sp³-hybridized carbons (Fsp3) is 1.00. The minimum atomic E-state index is 0.737. The van der Waals surface area contributed by atoms with E-state index in [1.807, 2.05) is 0 Å². The summed E-state index contributed by atoms with van der Waals surface area (Å²) >= 11 is 4.19. The van der Waals surface area contributed by atoms with Crippen molar-refractivity contribution >= 4 is 23.5 Å². The van der Waals surface area contributed by atoms with Crippen LogP contribution < -0.4 is 10.9 Å². The molecule has 0 aliphatic carbocycles. The molecule has 11 heavy (non-hydrogen) atoms. The predicted molar refractivity (Wildman–Crippen MR) is 52.9 cm³/mol. The second-order valence-electron chi connectivity index (χ2n) is 2.99. The molecule has 2 aliphatic rings. The van der Waals surface area contributed by atoms with E-state index in [-0.39, 0.29) is 0 Å². The lowest BCUT2D eigenvalue weighted by Crippen LogP contribution is -2.38. The summed E-state index contributed by atoms with van der Waals surface area (Å²) in [7, 11) is 0. The Kier molecular flexibility index (Phi) is 3.01. The number of thioether (sulfide) groups is 2. The smallest absolute Gasteiger partial charge is 0.0395 e. The lowest BCUT2D eigenvalue weighted by molar-refractivity contribution is 0.528. The second-order valence-corrected chi connectivity index (χ2v) is 5.68. The largest absolute Gasteiger partial charge is 0.257 e. The molecule has 0 bridgehead atoms. The average Bonchev–Trinajstić information content (AvgIpc) is 2.58. The maximum atomic E-state index is 3.35. The molecule has 2 nitrogen and oxygen atoms in total. The summed E-state index contributed by atoms with van der Waals surface area (Å²) in [6, 6.07) is 0.737. The van der Waals surface area contributed by atoms with Gasteiger partial charge in [0.2, 0.25) is 0 Å². The lowest BCUT2D eigenvalue weighted by Gasteiger charge is -2.25. The van der Waals surface area contributed by atoms with Crippen LogP contribution in [0.25, 0.3) is 0 Å². The van der Waals surface area contributed by atoms with Crippen molar-refractivity contribution in [2.24, 2.45) is 0 Å². The van der Waals surface area contributed by atoms with Gasteiger partial charge < -0.3 is 0 Å². The quantitative estimate of drug-likeness (QED) is 0.645. The van der Waals surface area contributed by atoms with Gasteiger partial charge >= 0.3 is 0 Å². The first kappa shape index (κ1) is 8.23. The van der Waals surface area contributed by atoms with E-state index in [1.165, 1.54) is 23.7 Å². The molecule has 2 saturated heterocycles. The highest BCUT2D eigenvalue weighted by atomic mass is 32.2. The third-order valence-electron chi connectivity index (χ3n) is 2.23. The van der Waals surface area contributed by atoms with Crippen LogP contribution in [0, 0.1) is 0 Å². The van der Waals surface area contributed by atoms with Gasteiger partial charge in [-0.15, -0.1) is 11.8 Å². The standard InChI is InChI=1S/C7H14N2S2/c1-3-8-9-6(1)7-2-4-10-5-11-7/h6-9H,1-5H2. The van der Waals surface area contributed by atoms with E-state index >= 15 is 0 Å². The monoisotopic (exact) mass is 190 g/mol. The van der Waals surface area contributed by atoms with E-state index in [2.05, 4.69) is 34.4 Å². The lowest BCUT2D eigenvalue weighted by atomic mass is 10.1. The maximum absolute atomic E-state index is 3.35. The van der Waals surface area contributed by atoms with Crippen molar-refractivity contribution in [1.29, 1.82) is 0 Å². The van der Waals surface area contributed by atoms with E-state index in [0.29, 0.717) is 0 Å². The molecule has 4 heteroatoms. The first-order valence-corrected chi connectivity index (χ1v) is 6.35. The summed E-state index contributed by atoms with van der Waals surface area (Å²) < 4.78 is 0. The number of hydrazine groups is 1. The van der Waals surface area contributed by atoms with Gasteiger partial charge in [0.1, 0.15) is 0 Å². The van der Waals surface area contributed by atoms with Crippen LogP contribution in [0.4, 0.5) is 0 Å². The molecule has 2 atom stereocenters. The second kappa shape index (κ2) is 4.03. The maximum Gasteiger partial charge on any atom is 0.0395 e. The van der Waals surface area contributed by atoms with Crippen molar-refractivity contribution in [3.8, 4) is 0 Å². The van der Waals surface area contributed by atoms with Gasteiger partial charge in [-0.1, -0.05) is 0 Å². The van der Waals surface area contributed by atoms with E-state index in [9.17, 15) is 0 Å². The van der Waals surface area contributed by atoms with Crippen molar-refractivity contribution in [1.82, 2.24) is 10.9 Å². The highest BCUT2D eigenvalue weighted by molar-refractivity contribution is 8.16. The Morgan fingerprint density at radius 3 is 2.91 bits per heavy atom. The Bertz CT molecular complexity index is 120. The summed E-state index contributed by atoms with van der Waals surface area (Å²) in [6.07, 6.45) is 2.69. The summed E-state index contributed by atoms with van der Waals surface area (Å²) in [5.41, 5.74) is 6.55. The number of rotatable bonds is 1. The Morgan fingerprint density at radius 1 is 1.27 bits per heavy atom. The molecule has 0 saturated carbocycles. The fourth-order valence-electron chi connectivity index (χ4n) is 1.58. The van der Waals surface area contributed by atoms with Crippen LogP contribution in [0.2, 0.25) is 0 Å². The van der Waals surface area contributed by atoms with Gasteiger partial charge in [-0.25, -0.2) is 0 Å². The fourth-order valence-corrected chi connectivity index (χ4v) is 4.42. The van der Waals surface area contributed by atoms with Crippen LogP contribution in [0.5, 0.6) is 0 Å². The third kappa shape index (κ3) is 2.05. The molecule has 2 heterocycles. The van der Waals surface area contributed by atoms with Crippen LogP contribution in [-0.2, 0) is 0 Å². The van der Waals surface area contributed by atoms with Crippen molar-refractivity contribution in [3.05, 3.63) is 0 Å². The molecule has 0 aromatic rings. The summed E-state index contributed by atoms with van der Waals surface area (Å²) in [5, 5.41) is 2.16. The van der Waals surface area contributed by atoms with Crippen LogP contribution >= 0.6 is 23.5 Å². The number of nitrogens with one attached hydrogen (secondary N) is 2. The molecular weight excluding hydrogens is 176 g/mol. The third-order valence-corrected chi connectivity index (χ3v) is 4.96. The van der Waals surface area contributed by atoms with Gasteiger partial charge in [0.05, 0.1) is 0 Å². The highest BCUT2D eigenvalue weighted by Gasteiger charge is 2.26. The van der Waals surface area contributed by atoms with Crippen molar-refractivity contribution in [2.45, 2.75) is 24.1 Å². The van der Waals surface area contributed by atoms with Gasteiger partial charge in [-0.3, -0.25) is 10.9 Å². The van der Waals surface area contributed by atoms with E-state index in [0.717, 1.165) is 17.8 Å². The molecular formula is C7H14N2S2. The normalized spacial score (nSPS) is 39.3. The van der Waals surface area contributed by atoms with Gasteiger partial charge in [0.25, 0.3) is 0 Å². The van der Waals surface area contributed by atoms with Gasteiger partial charge in [-0.05, 0) is 18.6 Å². The van der Waals surface area contributed by atoms with Gasteiger partial charge in [0.15, 0.2) is 0 Å². The van der Waals surface area contributed by atoms with E-state index in [4.69, 9.17) is 0 Å². The predicted octanol–water partition coefficient (Wildman–Crippen LogP) is 1.05. The van der Waals surface area contributed by atoms with Crippen LogP contribution in [0.15, 0.2) is 0 Å². The van der Waals surface area contributed by atoms with Gasteiger partial charge in [-0.2, -0.15) is 11.8 Å². The van der Waals surface area contributed by atoms with Crippen LogP contribution in [0.3, 0.4) is 0 Å². The minimum absolute atomic E-state index is 0.737. The molecule has 2 rings (SSSR count).